The van der Waals surface area contributed by atoms with Crippen LogP contribution in [-0.4, -0.2) is 50.1 Å². The van der Waals surface area contributed by atoms with Gasteiger partial charge in [0.1, 0.15) is 0 Å². The van der Waals surface area contributed by atoms with Crippen LogP contribution in [-0.2, 0) is 9.47 Å². The van der Waals surface area contributed by atoms with Gasteiger partial charge in [0, 0.05) is 31.3 Å². The highest BCUT2D eigenvalue weighted by molar-refractivity contribution is 5.98. The second-order valence-electron chi connectivity index (χ2n) is 6.91. The minimum absolute atomic E-state index is 0.0337. The van der Waals surface area contributed by atoms with Gasteiger partial charge in [-0.1, -0.05) is 0 Å². The second kappa shape index (κ2) is 7.22. The predicted molar refractivity (Wildman–Crippen MR) is 93.2 cm³/mol. The molecule has 0 radical (unpaired) electrons. The zero-order valence-electron chi connectivity index (χ0n) is 15.1. The number of methoxy groups -OCH3 is 1. The van der Waals surface area contributed by atoms with E-state index in [1.807, 2.05) is 13.8 Å². The number of hydrogen-bond donors (Lipinski definition) is 2. The van der Waals surface area contributed by atoms with Gasteiger partial charge in [-0.05, 0) is 50.8 Å². The van der Waals surface area contributed by atoms with Crippen molar-refractivity contribution in [3.8, 4) is 11.5 Å². The normalized spacial score (nSPS) is 24.6. The van der Waals surface area contributed by atoms with E-state index >= 15 is 0 Å². The van der Waals surface area contributed by atoms with Gasteiger partial charge < -0.3 is 24.6 Å². The Labute approximate surface area is 148 Å². The van der Waals surface area contributed by atoms with Crippen LogP contribution >= 0.6 is 0 Å². The standard InChI is InChI=1S/C19H27NO5/c1-4-25-16-11-15(19(16)5-7-24-8-6-19)20-18(22)13-9-12(2)10-14(23-3)17(13)21/h9-10,15-16,21H,4-8,11H2,1-3H3,(H,20,22)/t15-,16-/m1/s1. The van der Waals surface area contributed by atoms with Crippen molar-refractivity contribution in [2.75, 3.05) is 26.9 Å². The Bertz CT molecular complexity index is 639. The number of aromatic hydroxyl groups is 1. The summed E-state index contributed by atoms with van der Waals surface area (Å²) in [4.78, 5) is 12.8. The summed E-state index contributed by atoms with van der Waals surface area (Å²) >= 11 is 0. The van der Waals surface area contributed by atoms with Crippen LogP contribution in [0.25, 0.3) is 0 Å². The third-order valence-corrected chi connectivity index (χ3v) is 5.57. The minimum atomic E-state index is -0.273. The van der Waals surface area contributed by atoms with Crippen LogP contribution in [0.2, 0.25) is 0 Å². The molecule has 1 aromatic carbocycles. The highest BCUT2D eigenvalue weighted by Gasteiger charge is 2.56. The molecule has 0 aromatic heterocycles. The SMILES string of the molecule is CCO[C@@H]1C[C@@H](NC(=O)c2cc(C)cc(OC)c2O)C12CCOCC2. The Kier molecular flexibility index (Phi) is 5.20. The van der Waals surface area contributed by atoms with Crippen molar-refractivity contribution in [3.05, 3.63) is 23.3 Å². The van der Waals surface area contributed by atoms with Crippen LogP contribution < -0.4 is 10.1 Å². The Morgan fingerprint density at radius 3 is 2.76 bits per heavy atom. The zero-order valence-corrected chi connectivity index (χ0v) is 15.1. The molecule has 2 aliphatic rings. The first-order valence-electron chi connectivity index (χ1n) is 8.89. The Hall–Kier alpha value is -1.79. The van der Waals surface area contributed by atoms with Crippen molar-refractivity contribution >= 4 is 5.91 Å². The summed E-state index contributed by atoms with van der Waals surface area (Å²) < 4.78 is 16.6. The first kappa shape index (κ1) is 18.0. The fraction of sp³-hybridized carbons (Fsp3) is 0.632. The lowest BCUT2D eigenvalue weighted by molar-refractivity contribution is -0.170. The van der Waals surface area contributed by atoms with Crippen LogP contribution in [0.4, 0.5) is 0 Å². The van der Waals surface area contributed by atoms with Gasteiger partial charge >= 0.3 is 0 Å². The predicted octanol–water partition coefficient (Wildman–Crippen LogP) is 2.41. The highest BCUT2D eigenvalue weighted by atomic mass is 16.5. The lowest BCUT2D eigenvalue weighted by Gasteiger charge is -2.57. The summed E-state index contributed by atoms with van der Waals surface area (Å²) in [5.41, 5.74) is 1.05. The molecule has 3 rings (SSSR count). The Morgan fingerprint density at radius 1 is 1.40 bits per heavy atom. The van der Waals surface area contributed by atoms with Crippen LogP contribution in [0.1, 0.15) is 42.1 Å². The van der Waals surface area contributed by atoms with Crippen molar-refractivity contribution in [2.45, 2.75) is 45.3 Å². The molecule has 6 nitrogen and oxygen atoms in total. The molecule has 1 aliphatic carbocycles. The molecule has 138 valence electrons. The maximum absolute atomic E-state index is 12.8. The molecule has 25 heavy (non-hydrogen) atoms. The molecule has 2 fully saturated rings. The number of hydrogen-bond acceptors (Lipinski definition) is 5. The summed E-state index contributed by atoms with van der Waals surface area (Å²) in [7, 11) is 1.48. The van der Waals surface area contributed by atoms with E-state index in [0.29, 0.717) is 25.6 Å². The summed E-state index contributed by atoms with van der Waals surface area (Å²) in [5, 5.41) is 13.4. The van der Waals surface area contributed by atoms with E-state index in [1.54, 1.807) is 12.1 Å². The number of amides is 1. The van der Waals surface area contributed by atoms with E-state index in [9.17, 15) is 9.90 Å². The molecular formula is C19H27NO5. The summed E-state index contributed by atoms with van der Waals surface area (Å²) in [6.07, 6.45) is 2.72. The summed E-state index contributed by atoms with van der Waals surface area (Å²) in [6, 6.07) is 3.43. The number of ether oxygens (including phenoxy) is 3. The van der Waals surface area contributed by atoms with E-state index in [0.717, 1.165) is 24.8 Å². The van der Waals surface area contributed by atoms with Gasteiger partial charge in [-0.25, -0.2) is 0 Å². The van der Waals surface area contributed by atoms with Crippen molar-refractivity contribution in [1.82, 2.24) is 5.32 Å². The number of carbonyl (C=O) groups is 1. The molecule has 1 amide bonds. The summed E-state index contributed by atoms with van der Waals surface area (Å²) in [5.74, 6) is -0.0793. The van der Waals surface area contributed by atoms with Crippen molar-refractivity contribution < 1.29 is 24.1 Å². The van der Waals surface area contributed by atoms with Gasteiger partial charge in [0.05, 0.1) is 18.8 Å². The van der Waals surface area contributed by atoms with Gasteiger partial charge in [-0.3, -0.25) is 4.79 Å². The zero-order chi connectivity index (χ0) is 18.0. The van der Waals surface area contributed by atoms with Crippen LogP contribution in [0.3, 0.4) is 0 Å². The van der Waals surface area contributed by atoms with Gasteiger partial charge in [0.2, 0.25) is 0 Å². The number of rotatable bonds is 5. The number of phenolic OH excluding ortho intramolecular Hbond substituents is 1. The van der Waals surface area contributed by atoms with Crippen LogP contribution in [0.5, 0.6) is 11.5 Å². The monoisotopic (exact) mass is 349 g/mol. The number of carbonyl (C=O) groups excluding carboxylic acids is 1. The molecule has 0 unspecified atom stereocenters. The van der Waals surface area contributed by atoms with Gasteiger partial charge in [0.25, 0.3) is 5.91 Å². The second-order valence-corrected chi connectivity index (χ2v) is 6.91. The third-order valence-electron chi connectivity index (χ3n) is 5.57. The topological polar surface area (TPSA) is 77.0 Å². The maximum Gasteiger partial charge on any atom is 0.255 e. The molecule has 1 spiro atoms. The summed E-state index contributed by atoms with van der Waals surface area (Å²) in [6.45, 7) is 5.92. The smallest absolute Gasteiger partial charge is 0.255 e. The van der Waals surface area contributed by atoms with Gasteiger partial charge in [-0.2, -0.15) is 0 Å². The number of aryl methyl sites for hydroxylation is 1. The van der Waals surface area contributed by atoms with E-state index in [1.165, 1.54) is 7.11 Å². The molecule has 1 heterocycles. The van der Waals surface area contributed by atoms with Gasteiger partial charge in [0.15, 0.2) is 11.5 Å². The fourth-order valence-corrected chi connectivity index (χ4v) is 4.12. The van der Waals surface area contributed by atoms with Gasteiger partial charge in [-0.15, -0.1) is 0 Å². The van der Waals surface area contributed by atoms with E-state index in [-0.39, 0.29) is 34.8 Å². The molecule has 1 saturated heterocycles. The average molecular weight is 349 g/mol. The lowest BCUT2D eigenvalue weighted by atomic mass is 9.57. The Balaban J connectivity index is 1.78. The number of benzene rings is 1. The lowest BCUT2D eigenvalue weighted by Crippen LogP contribution is -2.66. The Morgan fingerprint density at radius 2 is 2.12 bits per heavy atom. The molecule has 0 bridgehead atoms. The van der Waals surface area contributed by atoms with Crippen molar-refractivity contribution in [2.24, 2.45) is 5.41 Å². The molecule has 1 aliphatic heterocycles. The molecule has 6 heteroatoms. The van der Waals surface area contributed by atoms with Crippen molar-refractivity contribution in [3.63, 3.8) is 0 Å². The highest BCUT2D eigenvalue weighted by Crippen LogP contribution is 2.50. The third kappa shape index (κ3) is 3.20. The largest absolute Gasteiger partial charge is 0.504 e. The quantitative estimate of drug-likeness (QED) is 0.854. The van der Waals surface area contributed by atoms with Crippen molar-refractivity contribution in [1.29, 1.82) is 0 Å². The first-order chi connectivity index (χ1) is 12.0. The number of phenols is 1. The maximum atomic E-state index is 12.8. The van der Waals surface area contributed by atoms with E-state index < -0.39 is 0 Å². The van der Waals surface area contributed by atoms with Crippen LogP contribution in [0.15, 0.2) is 12.1 Å². The first-order valence-corrected chi connectivity index (χ1v) is 8.89. The molecular weight excluding hydrogens is 322 g/mol. The van der Waals surface area contributed by atoms with E-state index in [2.05, 4.69) is 5.32 Å². The number of nitrogens with one attached hydrogen (secondary N) is 1. The minimum Gasteiger partial charge on any atom is -0.504 e. The fourth-order valence-electron chi connectivity index (χ4n) is 4.12. The average Bonchev–Trinajstić information content (AvgIpc) is 2.63. The van der Waals surface area contributed by atoms with Crippen LogP contribution in [0, 0.1) is 12.3 Å². The molecule has 2 atom stereocenters. The molecule has 2 N–H and O–H groups in total. The molecule has 1 aromatic rings. The van der Waals surface area contributed by atoms with E-state index in [4.69, 9.17) is 14.2 Å². The molecule has 1 saturated carbocycles.